The molecule has 0 saturated carbocycles. The van der Waals surface area contributed by atoms with Crippen LogP contribution in [0.2, 0.25) is 5.02 Å². The van der Waals surface area contributed by atoms with E-state index in [2.05, 4.69) is 10.4 Å². The van der Waals surface area contributed by atoms with Crippen LogP contribution in [0.25, 0.3) is 0 Å². The molecule has 19 heavy (non-hydrogen) atoms. The largest absolute Gasteiger partial charge is 0.271 e. The molecule has 0 aliphatic heterocycles. The lowest BCUT2D eigenvalue weighted by Crippen LogP contribution is -2.30. The second-order valence-corrected chi connectivity index (χ2v) is 4.88. The van der Waals surface area contributed by atoms with Crippen LogP contribution in [0.5, 0.6) is 0 Å². The Hall–Kier alpha value is -1.49. The molecule has 100 valence electrons. The van der Waals surface area contributed by atoms with E-state index >= 15 is 0 Å². The minimum atomic E-state index is -0.504. The molecule has 1 atom stereocenters. The van der Waals surface area contributed by atoms with Crippen molar-refractivity contribution in [3.63, 3.8) is 0 Å². The zero-order valence-electron chi connectivity index (χ0n) is 10.7. The average molecular weight is 280 g/mol. The molecule has 5 heteroatoms. The van der Waals surface area contributed by atoms with Gasteiger partial charge in [0.05, 0.1) is 11.1 Å². The zero-order valence-corrected chi connectivity index (χ0v) is 11.5. The Bertz CT molecular complexity index is 578. The maximum absolute atomic E-state index is 14.2. The number of pyridine rings is 1. The number of nitrogens with two attached hydrogens (primary N) is 1. The molecule has 3 N–H and O–H groups in total. The average Bonchev–Trinajstić information content (AvgIpc) is 2.34. The van der Waals surface area contributed by atoms with Gasteiger partial charge in [-0.25, -0.2) is 9.82 Å². The predicted molar refractivity (Wildman–Crippen MR) is 74.3 cm³/mol. The zero-order chi connectivity index (χ0) is 14.0. The van der Waals surface area contributed by atoms with E-state index in [4.69, 9.17) is 17.4 Å². The van der Waals surface area contributed by atoms with E-state index in [0.29, 0.717) is 16.1 Å². The maximum atomic E-state index is 14.2. The monoisotopic (exact) mass is 279 g/mol. The van der Waals surface area contributed by atoms with Crippen molar-refractivity contribution in [2.45, 2.75) is 19.9 Å². The molecule has 0 radical (unpaired) electrons. The van der Waals surface area contributed by atoms with Crippen LogP contribution in [0.4, 0.5) is 4.39 Å². The van der Waals surface area contributed by atoms with Crippen molar-refractivity contribution in [2.24, 2.45) is 5.84 Å². The van der Waals surface area contributed by atoms with E-state index in [9.17, 15) is 4.39 Å². The van der Waals surface area contributed by atoms with Gasteiger partial charge in [-0.2, -0.15) is 0 Å². The number of hydrogen-bond acceptors (Lipinski definition) is 3. The first kappa shape index (κ1) is 13.9. The first-order valence-corrected chi connectivity index (χ1v) is 6.24. The van der Waals surface area contributed by atoms with E-state index in [1.807, 2.05) is 19.9 Å². The van der Waals surface area contributed by atoms with E-state index < -0.39 is 6.04 Å². The summed E-state index contributed by atoms with van der Waals surface area (Å²) in [7, 11) is 0. The van der Waals surface area contributed by atoms with Gasteiger partial charge in [0.15, 0.2) is 0 Å². The van der Waals surface area contributed by atoms with Crippen LogP contribution in [0.15, 0.2) is 30.6 Å². The molecule has 1 unspecified atom stereocenters. The summed E-state index contributed by atoms with van der Waals surface area (Å²) < 4.78 is 14.2. The fraction of sp³-hybridized carbons (Fsp3) is 0.214. The summed E-state index contributed by atoms with van der Waals surface area (Å²) in [6.45, 7) is 3.70. The summed E-state index contributed by atoms with van der Waals surface area (Å²) in [5.74, 6) is 5.29. The van der Waals surface area contributed by atoms with Crippen LogP contribution in [0.3, 0.4) is 0 Å². The molecule has 2 aromatic rings. The smallest absolute Gasteiger partial charge is 0.128 e. The lowest BCUT2D eigenvalue weighted by atomic mass is 9.94. The highest BCUT2D eigenvalue weighted by atomic mass is 35.5. The molecular formula is C14H15ClFN3. The van der Waals surface area contributed by atoms with E-state index in [0.717, 1.165) is 11.1 Å². The molecule has 0 saturated heterocycles. The van der Waals surface area contributed by atoms with E-state index in [1.54, 1.807) is 12.3 Å². The Labute approximate surface area is 116 Å². The lowest BCUT2D eigenvalue weighted by molar-refractivity contribution is 0.556. The molecule has 3 nitrogen and oxygen atoms in total. The van der Waals surface area contributed by atoms with Crippen molar-refractivity contribution in [3.05, 3.63) is 63.7 Å². The van der Waals surface area contributed by atoms with Crippen molar-refractivity contribution in [1.29, 1.82) is 0 Å². The Morgan fingerprint density at radius 3 is 2.68 bits per heavy atom. The molecular weight excluding hydrogens is 265 g/mol. The van der Waals surface area contributed by atoms with Crippen molar-refractivity contribution >= 4 is 11.6 Å². The van der Waals surface area contributed by atoms with Gasteiger partial charge in [-0.1, -0.05) is 17.7 Å². The van der Waals surface area contributed by atoms with Crippen molar-refractivity contribution in [2.75, 3.05) is 0 Å². The summed E-state index contributed by atoms with van der Waals surface area (Å²) in [5.41, 5.74) is 5.52. The molecule has 0 fully saturated rings. The highest BCUT2D eigenvalue weighted by Gasteiger charge is 2.21. The number of hydrogen-bond donors (Lipinski definition) is 2. The third-order valence-electron chi connectivity index (χ3n) is 3.05. The minimum absolute atomic E-state index is 0.298. The lowest BCUT2D eigenvalue weighted by Gasteiger charge is -2.21. The molecule has 1 aromatic carbocycles. The fourth-order valence-corrected chi connectivity index (χ4v) is 2.47. The Kier molecular flexibility index (Phi) is 4.14. The Morgan fingerprint density at radius 2 is 2.11 bits per heavy atom. The standard InChI is InChI=1S/C14H15ClFN3/c1-8-5-9(2)13(12(16)6-8)14(19-17)10-3-4-18-7-11(10)15/h3-7,14,19H,17H2,1-2H3. The topological polar surface area (TPSA) is 50.9 Å². The molecule has 0 spiro atoms. The minimum Gasteiger partial charge on any atom is -0.271 e. The Balaban J connectivity index is 2.58. The fourth-order valence-electron chi connectivity index (χ4n) is 2.24. The van der Waals surface area contributed by atoms with Crippen LogP contribution in [0, 0.1) is 19.7 Å². The quantitative estimate of drug-likeness (QED) is 0.671. The highest BCUT2D eigenvalue weighted by molar-refractivity contribution is 6.31. The van der Waals surface area contributed by atoms with Crippen LogP contribution in [0.1, 0.15) is 28.3 Å². The maximum Gasteiger partial charge on any atom is 0.128 e. The number of nitrogens with zero attached hydrogens (tertiary/aromatic N) is 1. The van der Waals surface area contributed by atoms with Gasteiger partial charge in [0.1, 0.15) is 5.82 Å². The molecule has 0 bridgehead atoms. The van der Waals surface area contributed by atoms with Gasteiger partial charge in [-0.15, -0.1) is 0 Å². The first-order valence-electron chi connectivity index (χ1n) is 5.86. The van der Waals surface area contributed by atoms with Crippen LogP contribution >= 0.6 is 11.6 Å². The number of rotatable bonds is 3. The van der Waals surface area contributed by atoms with Crippen molar-refractivity contribution in [1.82, 2.24) is 10.4 Å². The molecule has 2 rings (SSSR count). The van der Waals surface area contributed by atoms with Crippen LogP contribution in [-0.2, 0) is 0 Å². The third kappa shape index (κ3) is 2.76. The summed E-state index contributed by atoms with van der Waals surface area (Å²) in [6, 6.07) is 4.63. The second kappa shape index (κ2) is 5.65. The number of nitrogens with one attached hydrogen (secondary N) is 1. The number of aromatic nitrogens is 1. The summed E-state index contributed by atoms with van der Waals surface area (Å²) in [6.07, 6.45) is 3.12. The van der Waals surface area contributed by atoms with Crippen molar-refractivity contribution in [3.8, 4) is 0 Å². The third-order valence-corrected chi connectivity index (χ3v) is 3.37. The van der Waals surface area contributed by atoms with E-state index in [-0.39, 0.29) is 5.82 Å². The Morgan fingerprint density at radius 1 is 1.37 bits per heavy atom. The number of halogens is 2. The second-order valence-electron chi connectivity index (χ2n) is 4.47. The summed E-state index contributed by atoms with van der Waals surface area (Å²) >= 11 is 6.10. The van der Waals surface area contributed by atoms with Crippen LogP contribution < -0.4 is 11.3 Å². The molecule has 0 aliphatic rings. The van der Waals surface area contributed by atoms with Gasteiger partial charge >= 0.3 is 0 Å². The predicted octanol–water partition coefficient (Wildman–Crippen LogP) is 3.04. The van der Waals surface area contributed by atoms with Gasteiger partial charge in [0.2, 0.25) is 0 Å². The molecule has 0 aliphatic carbocycles. The van der Waals surface area contributed by atoms with Gasteiger partial charge in [0, 0.05) is 18.0 Å². The molecule has 0 amide bonds. The van der Waals surface area contributed by atoms with Crippen LogP contribution in [-0.4, -0.2) is 4.98 Å². The number of aryl methyl sites for hydroxylation is 2. The van der Waals surface area contributed by atoms with E-state index in [1.165, 1.54) is 12.3 Å². The SMILES string of the molecule is Cc1cc(C)c(C(NN)c2ccncc2Cl)c(F)c1. The summed E-state index contributed by atoms with van der Waals surface area (Å²) in [5, 5.41) is 0.449. The van der Waals surface area contributed by atoms with Gasteiger partial charge in [-0.05, 0) is 42.7 Å². The molecule has 1 heterocycles. The highest BCUT2D eigenvalue weighted by Crippen LogP contribution is 2.31. The number of hydrazine groups is 1. The van der Waals surface area contributed by atoms with Crippen molar-refractivity contribution < 1.29 is 4.39 Å². The summed E-state index contributed by atoms with van der Waals surface area (Å²) in [4.78, 5) is 3.92. The molecule has 1 aromatic heterocycles. The number of benzene rings is 1. The van der Waals surface area contributed by atoms with Gasteiger partial charge in [-0.3, -0.25) is 10.8 Å². The normalized spacial score (nSPS) is 12.5. The first-order chi connectivity index (χ1) is 9.04. The van der Waals surface area contributed by atoms with Gasteiger partial charge in [0.25, 0.3) is 0 Å². The van der Waals surface area contributed by atoms with Gasteiger partial charge < -0.3 is 0 Å².